The fourth-order valence-corrected chi connectivity index (χ4v) is 2.42. The highest BCUT2D eigenvalue weighted by atomic mass is 16.2. The second kappa shape index (κ2) is 6.85. The van der Waals surface area contributed by atoms with E-state index in [4.69, 9.17) is 0 Å². The van der Waals surface area contributed by atoms with Crippen molar-refractivity contribution in [3.63, 3.8) is 0 Å². The van der Waals surface area contributed by atoms with Crippen molar-refractivity contribution in [1.82, 2.24) is 19.8 Å². The molecule has 21 heavy (non-hydrogen) atoms. The van der Waals surface area contributed by atoms with Gasteiger partial charge in [-0.15, -0.1) is 0 Å². The third kappa shape index (κ3) is 3.69. The fourth-order valence-electron chi connectivity index (χ4n) is 2.42. The van der Waals surface area contributed by atoms with Crippen molar-refractivity contribution in [3.8, 4) is 0 Å². The van der Waals surface area contributed by atoms with Crippen LogP contribution in [0, 0.1) is 0 Å². The highest BCUT2D eigenvalue weighted by Gasteiger charge is 2.23. The van der Waals surface area contributed by atoms with Gasteiger partial charge in [-0.1, -0.05) is 13.8 Å². The molecule has 1 fully saturated rings. The summed E-state index contributed by atoms with van der Waals surface area (Å²) in [6, 6.07) is 0. The molecule has 0 aromatic carbocycles. The summed E-state index contributed by atoms with van der Waals surface area (Å²) in [7, 11) is 3.88. The summed E-state index contributed by atoms with van der Waals surface area (Å²) in [5.74, 6) is 0.918. The van der Waals surface area contributed by atoms with Gasteiger partial charge in [-0.3, -0.25) is 4.79 Å². The number of nitrogens with zero attached hydrogens (tertiary/aromatic N) is 4. The van der Waals surface area contributed by atoms with Gasteiger partial charge in [-0.2, -0.15) is 0 Å². The predicted molar refractivity (Wildman–Crippen MR) is 83.7 cm³/mol. The SMILES string of the molecule is CNc1cnc(C(C)C)nc1C(=O)N1CCCN(C)CC1. The number of carbonyl (C=O) groups excluding carboxylic acids is 1. The molecule has 0 aliphatic carbocycles. The van der Waals surface area contributed by atoms with Crippen molar-refractivity contribution >= 4 is 11.6 Å². The number of aromatic nitrogens is 2. The lowest BCUT2D eigenvalue weighted by atomic mass is 10.2. The average molecular weight is 291 g/mol. The van der Waals surface area contributed by atoms with Gasteiger partial charge < -0.3 is 15.1 Å². The van der Waals surface area contributed by atoms with Crippen LogP contribution < -0.4 is 5.32 Å². The number of rotatable bonds is 3. The van der Waals surface area contributed by atoms with Gasteiger partial charge >= 0.3 is 0 Å². The van der Waals surface area contributed by atoms with Gasteiger partial charge in [-0.05, 0) is 20.0 Å². The summed E-state index contributed by atoms with van der Waals surface area (Å²) in [5, 5.41) is 3.02. The van der Waals surface area contributed by atoms with E-state index in [1.807, 2.05) is 18.7 Å². The first kappa shape index (κ1) is 15.7. The zero-order chi connectivity index (χ0) is 15.4. The number of likely N-dealkylation sites (N-methyl/N-ethyl adjacent to an activating group) is 1. The molecule has 0 bridgehead atoms. The average Bonchev–Trinajstić information content (AvgIpc) is 2.70. The van der Waals surface area contributed by atoms with Gasteiger partial charge in [0.2, 0.25) is 0 Å². The minimum Gasteiger partial charge on any atom is -0.385 e. The first-order valence-electron chi connectivity index (χ1n) is 7.55. The van der Waals surface area contributed by atoms with Crippen molar-refractivity contribution in [1.29, 1.82) is 0 Å². The number of amides is 1. The summed E-state index contributed by atoms with van der Waals surface area (Å²) in [4.78, 5) is 25.8. The van der Waals surface area contributed by atoms with Crippen LogP contribution in [0.2, 0.25) is 0 Å². The Balaban J connectivity index is 2.26. The summed E-state index contributed by atoms with van der Waals surface area (Å²) >= 11 is 0. The van der Waals surface area contributed by atoms with Crippen LogP contribution in [0.1, 0.15) is 42.5 Å². The first-order chi connectivity index (χ1) is 10.0. The Morgan fingerprint density at radius 3 is 2.71 bits per heavy atom. The monoisotopic (exact) mass is 291 g/mol. The van der Waals surface area contributed by atoms with E-state index < -0.39 is 0 Å². The molecule has 0 radical (unpaired) electrons. The number of hydrogen-bond acceptors (Lipinski definition) is 5. The maximum atomic E-state index is 12.8. The second-order valence-electron chi connectivity index (χ2n) is 5.84. The molecule has 1 aliphatic rings. The third-order valence-corrected chi connectivity index (χ3v) is 3.80. The van der Waals surface area contributed by atoms with Gasteiger partial charge in [0.25, 0.3) is 5.91 Å². The van der Waals surface area contributed by atoms with E-state index in [1.165, 1.54) is 0 Å². The van der Waals surface area contributed by atoms with Gasteiger partial charge in [0, 0.05) is 32.6 Å². The largest absolute Gasteiger partial charge is 0.385 e. The van der Waals surface area contributed by atoms with E-state index in [0.29, 0.717) is 17.2 Å². The molecule has 0 saturated carbocycles. The van der Waals surface area contributed by atoms with Crippen LogP contribution in [0.25, 0.3) is 0 Å². The lowest BCUT2D eigenvalue weighted by Crippen LogP contribution is -2.35. The van der Waals surface area contributed by atoms with E-state index in [1.54, 1.807) is 13.2 Å². The lowest BCUT2D eigenvalue weighted by molar-refractivity contribution is 0.0757. The minimum atomic E-state index is -0.000972. The van der Waals surface area contributed by atoms with E-state index in [0.717, 1.165) is 32.6 Å². The number of nitrogens with one attached hydrogen (secondary N) is 1. The Hall–Kier alpha value is -1.69. The van der Waals surface area contributed by atoms with Crippen LogP contribution in [0.3, 0.4) is 0 Å². The summed E-state index contributed by atoms with van der Waals surface area (Å²) in [6.45, 7) is 7.53. The molecule has 1 aliphatic heterocycles. The third-order valence-electron chi connectivity index (χ3n) is 3.80. The van der Waals surface area contributed by atoms with Crippen LogP contribution in [0.15, 0.2) is 6.20 Å². The van der Waals surface area contributed by atoms with Crippen LogP contribution in [-0.4, -0.2) is 65.9 Å². The predicted octanol–water partition coefficient (Wildman–Crippen LogP) is 1.42. The smallest absolute Gasteiger partial charge is 0.274 e. The summed E-state index contributed by atoms with van der Waals surface area (Å²) in [5.41, 5.74) is 1.18. The molecular weight excluding hydrogens is 266 g/mol. The molecule has 116 valence electrons. The summed E-state index contributed by atoms with van der Waals surface area (Å²) < 4.78 is 0. The van der Waals surface area contributed by atoms with Gasteiger partial charge in [0.1, 0.15) is 5.82 Å². The number of carbonyl (C=O) groups is 1. The van der Waals surface area contributed by atoms with Crippen LogP contribution >= 0.6 is 0 Å². The highest BCUT2D eigenvalue weighted by Crippen LogP contribution is 2.18. The molecule has 1 aromatic heterocycles. The van der Waals surface area contributed by atoms with Crippen molar-refractivity contribution in [2.24, 2.45) is 0 Å². The van der Waals surface area contributed by atoms with E-state index in [-0.39, 0.29) is 11.8 Å². The Labute approximate surface area is 126 Å². The molecule has 6 heteroatoms. The molecule has 1 aromatic rings. The maximum absolute atomic E-state index is 12.8. The maximum Gasteiger partial charge on any atom is 0.274 e. The molecular formula is C15H25N5O. The molecule has 0 atom stereocenters. The molecule has 0 spiro atoms. The quantitative estimate of drug-likeness (QED) is 0.912. The van der Waals surface area contributed by atoms with Crippen molar-refractivity contribution in [2.45, 2.75) is 26.2 Å². The summed E-state index contributed by atoms with van der Waals surface area (Å²) in [6.07, 6.45) is 2.71. The fraction of sp³-hybridized carbons (Fsp3) is 0.667. The molecule has 1 amide bonds. The highest BCUT2D eigenvalue weighted by molar-refractivity contribution is 5.97. The zero-order valence-corrected chi connectivity index (χ0v) is 13.4. The molecule has 2 rings (SSSR count). The molecule has 1 N–H and O–H groups in total. The van der Waals surface area contributed by atoms with Gasteiger partial charge in [-0.25, -0.2) is 9.97 Å². The normalized spacial score (nSPS) is 16.9. The van der Waals surface area contributed by atoms with Crippen LogP contribution in [0.4, 0.5) is 5.69 Å². The standard InChI is InChI=1S/C15H25N5O/c1-11(2)14-17-10-12(16-3)13(18-14)15(21)20-7-5-6-19(4)8-9-20/h10-11,16H,5-9H2,1-4H3. The second-order valence-corrected chi connectivity index (χ2v) is 5.84. The molecule has 2 heterocycles. The first-order valence-corrected chi connectivity index (χ1v) is 7.55. The Bertz CT molecular complexity index is 503. The van der Waals surface area contributed by atoms with E-state index in [2.05, 4.69) is 27.2 Å². The lowest BCUT2D eigenvalue weighted by Gasteiger charge is -2.21. The van der Waals surface area contributed by atoms with E-state index in [9.17, 15) is 4.79 Å². The Morgan fingerprint density at radius 2 is 2.05 bits per heavy atom. The van der Waals surface area contributed by atoms with Crippen molar-refractivity contribution < 1.29 is 4.79 Å². The van der Waals surface area contributed by atoms with Gasteiger partial charge in [0.15, 0.2) is 5.69 Å². The van der Waals surface area contributed by atoms with Crippen molar-refractivity contribution in [3.05, 3.63) is 17.7 Å². The van der Waals surface area contributed by atoms with Crippen LogP contribution in [0.5, 0.6) is 0 Å². The Morgan fingerprint density at radius 1 is 1.29 bits per heavy atom. The number of anilines is 1. The van der Waals surface area contributed by atoms with Gasteiger partial charge in [0.05, 0.1) is 11.9 Å². The number of hydrogen-bond donors (Lipinski definition) is 1. The topological polar surface area (TPSA) is 61.4 Å². The van der Waals surface area contributed by atoms with Crippen LogP contribution in [-0.2, 0) is 0 Å². The van der Waals surface area contributed by atoms with E-state index >= 15 is 0 Å². The minimum absolute atomic E-state index is 0.000972. The van der Waals surface area contributed by atoms with Crippen molar-refractivity contribution in [2.75, 3.05) is 45.6 Å². The molecule has 6 nitrogen and oxygen atoms in total. The molecule has 0 unspecified atom stereocenters. The zero-order valence-electron chi connectivity index (χ0n) is 13.4. The molecule has 1 saturated heterocycles. The Kier molecular flexibility index (Phi) is 5.12.